The molecule has 0 fully saturated rings. The third-order valence-corrected chi connectivity index (χ3v) is 2.40. The fourth-order valence-electron chi connectivity index (χ4n) is 1.30. The summed E-state index contributed by atoms with van der Waals surface area (Å²) in [7, 11) is 0. The van der Waals surface area contributed by atoms with Crippen LogP contribution in [-0.4, -0.2) is 15.9 Å². The van der Waals surface area contributed by atoms with Gasteiger partial charge in [0.15, 0.2) is 0 Å². The lowest BCUT2D eigenvalue weighted by Gasteiger charge is -2.21. The number of hydrogen-bond acceptors (Lipinski definition) is 2. The van der Waals surface area contributed by atoms with Gasteiger partial charge < -0.3 is 10.8 Å². The molecule has 0 aliphatic heterocycles. The molecule has 0 aliphatic carbocycles. The third-order valence-electron chi connectivity index (χ3n) is 2.03. The Morgan fingerprint density at radius 2 is 1.76 bits per heavy atom. The summed E-state index contributed by atoms with van der Waals surface area (Å²) in [6, 6.07) is 8.22. The first-order valence-electron chi connectivity index (χ1n) is 5.02. The molecule has 0 radical (unpaired) electrons. The average molecular weight is 278 g/mol. The highest BCUT2D eigenvalue weighted by Crippen LogP contribution is 2.19. The molecule has 1 aromatic carbocycles. The third kappa shape index (κ3) is 6.51. The van der Waals surface area contributed by atoms with Gasteiger partial charge >= 0.3 is 5.97 Å². The second-order valence-electron chi connectivity index (χ2n) is 4.18. The van der Waals surface area contributed by atoms with Gasteiger partial charge in [0.1, 0.15) is 0 Å². The summed E-state index contributed by atoms with van der Waals surface area (Å²) in [5.41, 5.74) is 8.23. The van der Waals surface area contributed by atoms with Crippen LogP contribution in [0.25, 0.3) is 0 Å². The van der Waals surface area contributed by atoms with Crippen molar-refractivity contribution in [2.45, 2.75) is 31.1 Å². The predicted molar refractivity (Wildman–Crippen MR) is 71.5 cm³/mol. The predicted octanol–water partition coefficient (Wildman–Crippen LogP) is 3.06. The highest BCUT2D eigenvalue weighted by Gasteiger charge is 2.14. The highest BCUT2D eigenvalue weighted by atomic mass is 35.5. The second-order valence-corrected chi connectivity index (χ2v) is 5.27. The van der Waals surface area contributed by atoms with Gasteiger partial charge in [0.05, 0.1) is 0 Å². The van der Waals surface area contributed by atoms with Crippen LogP contribution in [0.1, 0.15) is 25.0 Å². The lowest BCUT2D eigenvalue weighted by molar-refractivity contribution is -0.135. The van der Waals surface area contributed by atoms with Crippen molar-refractivity contribution in [3.05, 3.63) is 35.4 Å². The molecule has 0 saturated heterocycles. The number of alkyl halides is 2. The van der Waals surface area contributed by atoms with E-state index in [2.05, 4.69) is 19.1 Å². The van der Waals surface area contributed by atoms with Gasteiger partial charge in [-0.15, -0.1) is 0 Å². The van der Waals surface area contributed by atoms with Gasteiger partial charge in [-0.25, -0.2) is 4.79 Å². The molecule has 96 valence electrons. The van der Waals surface area contributed by atoms with E-state index in [1.54, 1.807) is 0 Å². The molecule has 1 rings (SSSR count). The van der Waals surface area contributed by atoms with Crippen LogP contribution in [0.5, 0.6) is 0 Å². The van der Waals surface area contributed by atoms with Crippen molar-refractivity contribution in [3.8, 4) is 0 Å². The zero-order chi connectivity index (χ0) is 13.6. The zero-order valence-corrected chi connectivity index (χ0v) is 11.6. The maximum absolute atomic E-state index is 9.44. The molecule has 0 atom stereocenters. The lowest BCUT2D eigenvalue weighted by Crippen LogP contribution is -2.29. The van der Waals surface area contributed by atoms with E-state index < -0.39 is 10.8 Å². The fraction of sp³-hybridized carbons (Fsp3) is 0.417. The van der Waals surface area contributed by atoms with Crippen LogP contribution in [-0.2, 0) is 10.3 Å². The van der Waals surface area contributed by atoms with Crippen LogP contribution in [0.15, 0.2) is 24.3 Å². The standard InChI is InChI=1S/C10H15N.C2H2Cl2O2/c1-8-6-4-5-7-9(8)10(2,3)11;3-1(4)2(5)6/h4-7H,11H2,1-3H3;1H,(H,5,6). The van der Waals surface area contributed by atoms with Gasteiger partial charge in [0.2, 0.25) is 4.84 Å². The number of carboxylic acids is 1. The van der Waals surface area contributed by atoms with Crippen LogP contribution in [0.4, 0.5) is 0 Å². The molecule has 0 bridgehead atoms. The van der Waals surface area contributed by atoms with Crippen molar-refractivity contribution >= 4 is 29.2 Å². The normalized spacial score (nSPS) is 10.8. The summed E-state index contributed by atoms with van der Waals surface area (Å²) >= 11 is 9.56. The van der Waals surface area contributed by atoms with Crippen molar-refractivity contribution in [2.24, 2.45) is 5.73 Å². The molecular weight excluding hydrogens is 261 g/mol. The minimum absolute atomic E-state index is 0.217. The second kappa shape index (κ2) is 6.84. The quantitative estimate of drug-likeness (QED) is 0.817. The molecule has 0 aliphatic rings. The molecular formula is C12H17Cl2NO2. The first kappa shape index (κ1) is 16.2. The Morgan fingerprint density at radius 3 is 2.00 bits per heavy atom. The summed E-state index contributed by atoms with van der Waals surface area (Å²) < 4.78 is 0. The fourth-order valence-corrected chi connectivity index (χ4v) is 1.30. The molecule has 0 spiro atoms. The number of benzene rings is 1. The molecule has 0 amide bonds. The van der Waals surface area contributed by atoms with Crippen LogP contribution in [0.2, 0.25) is 0 Å². The van der Waals surface area contributed by atoms with Crippen LogP contribution >= 0.6 is 23.2 Å². The number of carbonyl (C=O) groups is 1. The van der Waals surface area contributed by atoms with Crippen molar-refractivity contribution in [1.82, 2.24) is 0 Å². The van der Waals surface area contributed by atoms with Gasteiger partial charge in [-0.3, -0.25) is 0 Å². The summed E-state index contributed by atoms with van der Waals surface area (Å²) in [5, 5.41) is 7.73. The number of nitrogens with two attached hydrogens (primary N) is 1. The van der Waals surface area contributed by atoms with E-state index in [-0.39, 0.29) is 5.54 Å². The molecule has 3 nitrogen and oxygen atoms in total. The van der Waals surface area contributed by atoms with Crippen molar-refractivity contribution in [2.75, 3.05) is 0 Å². The number of carboxylic acid groups (broad SMARTS) is 1. The number of hydrogen-bond donors (Lipinski definition) is 2. The molecule has 0 saturated carbocycles. The van der Waals surface area contributed by atoms with E-state index in [1.165, 1.54) is 11.1 Å². The maximum Gasteiger partial charge on any atom is 0.337 e. The minimum atomic E-state index is -1.29. The number of aryl methyl sites for hydroxylation is 1. The molecule has 17 heavy (non-hydrogen) atoms. The van der Waals surface area contributed by atoms with Crippen molar-refractivity contribution in [3.63, 3.8) is 0 Å². The number of rotatable bonds is 2. The Balaban J connectivity index is 0.000000366. The average Bonchev–Trinajstić information content (AvgIpc) is 2.17. The Kier molecular flexibility index (Phi) is 6.53. The monoisotopic (exact) mass is 277 g/mol. The molecule has 1 aromatic rings. The van der Waals surface area contributed by atoms with Gasteiger partial charge in [0.25, 0.3) is 0 Å². The van der Waals surface area contributed by atoms with E-state index in [0.717, 1.165) is 0 Å². The Morgan fingerprint density at radius 1 is 1.35 bits per heavy atom. The zero-order valence-electron chi connectivity index (χ0n) is 10.1. The Labute approximate surface area is 112 Å². The van der Waals surface area contributed by atoms with Crippen LogP contribution in [0.3, 0.4) is 0 Å². The first-order chi connectivity index (χ1) is 7.66. The van der Waals surface area contributed by atoms with Crippen molar-refractivity contribution < 1.29 is 9.90 Å². The molecule has 5 heteroatoms. The molecule has 0 unspecified atom stereocenters. The van der Waals surface area contributed by atoms with E-state index in [0.29, 0.717) is 0 Å². The van der Waals surface area contributed by atoms with E-state index in [9.17, 15) is 4.79 Å². The Bertz CT molecular complexity index is 373. The largest absolute Gasteiger partial charge is 0.479 e. The van der Waals surface area contributed by atoms with Gasteiger partial charge in [-0.05, 0) is 31.9 Å². The van der Waals surface area contributed by atoms with Gasteiger partial charge in [0, 0.05) is 5.54 Å². The smallest absolute Gasteiger partial charge is 0.337 e. The molecule has 0 aromatic heterocycles. The first-order valence-corrected chi connectivity index (χ1v) is 5.89. The topological polar surface area (TPSA) is 63.3 Å². The van der Waals surface area contributed by atoms with Gasteiger partial charge in [-0.2, -0.15) is 0 Å². The Hall–Kier alpha value is -0.770. The van der Waals surface area contributed by atoms with E-state index in [1.807, 2.05) is 26.0 Å². The summed E-state index contributed by atoms with van der Waals surface area (Å²) in [5.74, 6) is -1.21. The van der Waals surface area contributed by atoms with Crippen LogP contribution in [0, 0.1) is 6.92 Å². The number of aliphatic carboxylic acids is 1. The SMILES string of the molecule is Cc1ccccc1C(C)(C)N.O=C(O)C(Cl)Cl. The summed E-state index contributed by atoms with van der Waals surface area (Å²) in [6.45, 7) is 6.13. The lowest BCUT2D eigenvalue weighted by atomic mass is 9.92. The van der Waals surface area contributed by atoms with Gasteiger partial charge in [-0.1, -0.05) is 47.5 Å². The maximum atomic E-state index is 9.44. The summed E-state index contributed by atoms with van der Waals surface area (Å²) in [4.78, 5) is 8.15. The van der Waals surface area contributed by atoms with Crippen LogP contribution < -0.4 is 5.73 Å². The molecule has 0 heterocycles. The summed E-state index contributed by atoms with van der Waals surface area (Å²) in [6.07, 6.45) is 0. The van der Waals surface area contributed by atoms with E-state index >= 15 is 0 Å². The van der Waals surface area contributed by atoms with E-state index in [4.69, 9.17) is 34.0 Å². The highest BCUT2D eigenvalue weighted by molar-refractivity contribution is 6.52. The molecule has 3 N–H and O–H groups in total. The number of halogens is 2. The minimum Gasteiger partial charge on any atom is -0.479 e. The van der Waals surface area contributed by atoms with Crippen molar-refractivity contribution in [1.29, 1.82) is 0 Å².